The Balaban J connectivity index is 0.00000261. The molecule has 1 unspecified atom stereocenters. The second kappa shape index (κ2) is 12.0. The highest BCUT2D eigenvalue weighted by Crippen LogP contribution is 2.14. The lowest BCUT2D eigenvalue weighted by Gasteiger charge is -2.22. The van der Waals surface area contributed by atoms with Gasteiger partial charge in [-0.25, -0.2) is 0 Å². The summed E-state index contributed by atoms with van der Waals surface area (Å²) in [5.41, 5.74) is 3.19. The third-order valence-electron chi connectivity index (χ3n) is 4.29. The summed E-state index contributed by atoms with van der Waals surface area (Å²) in [6.07, 6.45) is 1.43. The molecule has 0 spiro atoms. The smallest absolute Gasteiger partial charge is 0.225 e. The Bertz CT molecular complexity index is 694. The van der Waals surface area contributed by atoms with Gasteiger partial charge in [0, 0.05) is 36.2 Å². The van der Waals surface area contributed by atoms with E-state index in [4.69, 9.17) is 4.74 Å². The number of ether oxygens (including phenoxy) is 1. The minimum atomic E-state index is 0. The first kappa shape index (κ1) is 21.8. The normalized spacial score (nSPS) is 16.4. The van der Waals surface area contributed by atoms with E-state index in [2.05, 4.69) is 22.8 Å². The zero-order valence-corrected chi connectivity index (χ0v) is 17.0. The molecule has 2 N–H and O–H groups in total. The van der Waals surface area contributed by atoms with Gasteiger partial charge in [0.1, 0.15) is 0 Å². The van der Waals surface area contributed by atoms with Gasteiger partial charge in [0.05, 0.1) is 13.2 Å². The number of hydrogen-bond donors (Lipinski definition) is 2. The second-order valence-electron chi connectivity index (χ2n) is 6.47. The number of thioether (sulfide) groups is 1. The first-order valence-corrected chi connectivity index (χ1v) is 10.3. The van der Waals surface area contributed by atoms with Crippen LogP contribution >= 0.6 is 24.2 Å². The van der Waals surface area contributed by atoms with E-state index in [1.165, 1.54) is 5.56 Å². The molecule has 6 heteroatoms. The predicted octanol–water partition coefficient (Wildman–Crippen LogP) is 3.90. The van der Waals surface area contributed by atoms with Crippen LogP contribution in [0.25, 0.3) is 0 Å². The Morgan fingerprint density at radius 3 is 2.74 bits per heavy atom. The molecule has 0 bridgehead atoms. The lowest BCUT2D eigenvalue weighted by atomic mass is 10.1. The van der Waals surface area contributed by atoms with Gasteiger partial charge in [-0.1, -0.05) is 42.5 Å². The Labute approximate surface area is 171 Å². The number of nitrogens with one attached hydrogen (secondary N) is 2. The molecular weight excluding hydrogens is 380 g/mol. The molecule has 0 aromatic heterocycles. The van der Waals surface area contributed by atoms with Crippen LogP contribution in [0.3, 0.4) is 0 Å². The number of halogens is 1. The number of amides is 1. The molecule has 1 aliphatic heterocycles. The van der Waals surface area contributed by atoms with Crippen molar-refractivity contribution in [3.8, 4) is 0 Å². The average Bonchev–Trinajstić information content (AvgIpc) is 2.67. The predicted molar refractivity (Wildman–Crippen MR) is 116 cm³/mol. The molecule has 1 aliphatic rings. The van der Waals surface area contributed by atoms with Crippen LogP contribution in [0.15, 0.2) is 54.6 Å². The maximum Gasteiger partial charge on any atom is 0.225 e. The molecule has 0 aliphatic carbocycles. The lowest BCUT2D eigenvalue weighted by Crippen LogP contribution is -2.39. The SMILES string of the molecule is Cl.O=C(CC1CSCCN1)Nc1cccc(COCCc2ccccc2)c1. The summed E-state index contributed by atoms with van der Waals surface area (Å²) < 4.78 is 5.78. The monoisotopic (exact) mass is 406 g/mol. The van der Waals surface area contributed by atoms with Gasteiger partial charge in [-0.15, -0.1) is 12.4 Å². The largest absolute Gasteiger partial charge is 0.376 e. The highest BCUT2D eigenvalue weighted by Gasteiger charge is 2.16. The van der Waals surface area contributed by atoms with E-state index in [1.54, 1.807) is 0 Å². The highest BCUT2D eigenvalue weighted by atomic mass is 35.5. The second-order valence-corrected chi connectivity index (χ2v) is 7.62. The topological polar surface area (TPSA) is 50.4 Å². The first-order chi connectivity index (χ1) is 12.8. The molecule has 0 radical (unpaired) electrons. The molecule has 0 saturated carbocycles. The van der Waals surface area contributed by atoms with Gasteiger partial charge >= 0.3 is 0 Å². The number of rotatable bonds is 8. The van der Waals surface area contributed by atoms with E-state index in [0.29, 0.717) is 19.6 Å². The number of carbonyl (C=O) groups excluding carboxylic acids is 1. The molecule has 1 heterocycles. The Kier molecular flexibility index (Phi) is 9.70. The van der Waals surface area contributed by atoms with Crippen molar-refractivity contribution in [3.05, 3.63) is 65.7 Å². The molecule has 4 nitrogen and oxygen atoms in total. The number of carbonyl (C=O) groups is 1. The van der Waals surface area contributed by atoms with Crippen molar-refractivity contribution in [1.29, 1.82) is 0 Å². The molecule has 2 aromatic carbocycles. The van der Waals surface area contributed by atoms with Crippen molar-refractivity contribution in [2.75, 3.05) is 30.0 Å². The zero-order valence-electron chi connectivity index (χ0n) is 15.4. The maximum absolute atomic E-state index is 12.2. The summed E-state index contributed by atoms with van der Waals surface area (Å²) in [5, 5.41) is 6.40. The number of benzene rings is 2. The Morgan fingerprint density at radius 1 is 1.15 bits per heavy atom. The van der Waals surface area contributed by atoms with Crippen LogP contribution < -0.4 is 10.6 Å². The van der Waals surface area contributed by atoms with Crippen molar-refractivity contribution < 1.29 is 9.53 Å². The average molecular weight is 407 g/mol. The van der Waals surface area contributed by atoms with Crippen LogP contribution in [0.5, 0.6) is 0 Å². The van der Waals surface area contributed by atoms with Gasteiger partial charge < -0.3 is 15.4 Å². The summed E-state index contributed by atoms with van der Waals surface area (Å²) in [7, 11) is 0. The number of hydrogen-bond acceptors (Lipinski definition) is 4. The molecule has 2 aromatic rings. The molecule has 27 heavy (non-hydrogen) atoms. The quantitative estimate of drug-likeness (QED) is 0.653. The molecule has 1 atom stereocenters. The molecular formula is C21H27ClN2O2S. The Hall–Kier alpha value is -1.53. The lowest BCUT2D eigenvalue weighted by molar-refractivity contribution is -0.116. The van der Waals surface area contributed by atoms with Crippen molar-refractivity contribution in [2.24, 2.45) is 0 Å². The fraction of sp³-hybridized carbons (Fsp3) is 0.381. The Morgan fingerprint density at radius 2 is 1.96 bits per heavy atom. The van der Waals surface area contributed by atoms with E-state index < -0.39 is 0 Å². The standard InChI is InChI=1S/C21H26N2O2S.ClH/c24-21(14-20-16-26-12-10-22-20)23-19-8-4-7-18(13-19)15-25-11-9-17-5-2-1-3-6-17;/h1-8,13,20,22H,9-12,14-16H2,(H,23,24);1H. The first-order valence-electron chi connectivity index (χ1n) is 9.11. The van der Waals surface area contributed by atoms with E-state index in [-0.39, 0.29) is 24.4 Å². The minimum absolute atomic E-state index is 0. The van der Waals surface area contributed by atoms with Gasteiger partial charge in [0.2, 0.25) is 5.91 Å². The van der Waals surface area contributed by atoms with Crippen LogP contribution in [0.4, 0.5) is 5.69 Å². The van der Waals surface area contributed by atoms with Crippen molar-refractivity contribution >= 4 is 35.8 Å². The van der Waals surface area contributed by atoms with Gasteiger partial charge in [-0.2, -0.15) is 11.8 Å². The van der Waals surface area contributed by atoms with E-state index in [9.17, 15) is 4.79 Å². The molecule has 1 saturated heterocycles. The third-order valence-corrected chi connectivity index (χ3v) is 5.42. The van der Waals surface area contributed by atoms with E-state index in [1.807, 2.05) is 54.2 Å². The zero-order chi connectivity index (χ0) is 18.0. The number of anilines is 1. The van der Waals surface area contributed by atoms with Crippen LogP contribution in [0.1, 0.15) is 17.5 Å². The molecule has 3 rings (SSSR count). The van der Waals surface area contributed by atoms with Crippen molar-refractivity contribution in [2.45, 2.75) is 25.5 Å². The summed E-state index contributed by atoms with van der Waals surface area (Å²) in [6, 6.07) is 18.5. The summed E-state index contributed by atoms with van der Waals surface area (Å²) >= 11 is 1.90. The minimum Gasteiger partial charge on any atom is -0.376 e. The molecule has 1 fully saturated rings. The van der Waals surface area contributed by atoms with Crippen LogP contribution in [-0.2, 0) is 22.6 Å². The van der Waals surface area contributed by atoms with Gasteiger partial charge in [0.15, 0.2) is 0 Å². The van der Waals surface area contributed by atoms with Gasteiger partial charge in [-0.3, -0.25) is 4.79 Å². The fourth-order valence-corrected chi connectivity index (χ4v) is 3.90. The summed E-state index contributed by atoms with van der Waals surface area (Å²) in [4.78, 5) is 12.2. The molecule has 146 valence electrons. The third kappa shape index (κ3) is 7.93. The van der Waals surface area contributed by atoms with Gasteiger partial charge in [0.25, 0.3) is 0 Å². The highest BCUT2D eigenvalue weighted by molar-refractivity contribution is 7.99. The van der Waals surface area contributed by atoms with Crippen LogP contribution in [0.2, 0.25) is 0 Å². The van der Waals surface area contributed by atoms with Crippen LogP contribution in [-0.4, -0.2) is 36.6 Å². The van der Waals surface area contributed by atoms with E-state index in [0.717, 1.165) is 35.7 Å². The maximum atomic E-state index is 12.2. The fourth-order valence-electron chi connectivity index (χ4n) is 2.95. The van der Waals surface area contributed by atoms with Gasteiger partial charge in [-0.05, 0) is 29.7 Å². The van der Waals surface area contributed by atoms with E-state index >= 15 is 0 Å². The van der Waals surface area contributed by atoms with Crippen LogP contribution in [0, 0.1) is 0 Å². The van der Waals surface area contributed by atoms with Crippen molar-refractivity contribution in [1.82, 2.24) is 5.32 Å². The van der Waals surface area contributed by atoms with Crippen molar-refractivity contribution in [3.63, 3.8) is 0 Å². The molecule has 1 amide bonds. The summed E-state index contributed by atoms with van der Waals surface area (Å²) in [6.45, 7) is 2.22. The summed E-state index contributed by atoms with van der Waals surface area (Å²) in [5.74, 6) is 2.19.